The predicted octanol–water partition coefficient (Wildman–Crippen LogP) is 2.03. The lowest BCUT2D eigenvalue weighted by Gasteiger charge is -2.08. The van der Waals surface area contributed by atoms with Crippen molar-refractivity contribution in [3.05, 3.63) is 23.8 Å². The Hall–Kier alpha value is -2.22. The number of benzene rings is 1. The van der Waals surface area contributed by atoms with Crippen molar-refractivity contribution in [3.63, 3.8) is 0 Å². The van der Waals surface area contributed by atoms with Crippen molar-refractivity contribution in [3.8, 4) is 12.0 Å². The van der Waals surface area contributed by atoms with Gasteiger partial charge >= 0.3 is 6.09 Å². The maximum atomic E-state index is 11.0. The van der Waals surface area contributed by atoms with Gasteiger partial charge < -0.3 is 9.47 Å². The zero-order valence-electron chi connectivity index (χ0n) is 8.40. The third kappa shape index (κ3) is 2.61. The van der Waals surface area contributed by atoms with Crippen molar-refractivity contribution in [2.75, 3.05) is 12.4 Å². The van der Waals surface area contributed by atoms with E-state index >= 15 is 0 Å². The molecule has 0 unspecified atom stereocenters. The van der Waals surface area contributed by atoms with E-state index in [2.05, 4.69) is 10.1 Å². The average Bonchev–Trinajstić information content (AvgIpc) is 2.24. The topological polar surface area (TPSA) is 71.3 Å². The molecule has 0 radical (unpaired) electrons. The lowest BCUT2D eigenvalue weighted by Crippen LogP contribution is -2.12. The Morgan fingerprint density at radius 1 is 1.53 bits per heavy atom. The van der Waals surface area contributed by atoms with Crippen molar-refractivity contribution in [2.24, 2.45) is 0 Å². The van der Waals surface area contributed by atoms with Crippen molar-refractivity contribution in [1.29, 1.82) is 5.26 Å². The van der Waals surface area contributed by atoms with Gasteiger partial charge in [-0.1, -0.05) is 6.07 Å². The molecule has 1 aromatic carbocycles. The summed E-state index contributed by atoms with van der Waals surface area (Å²) in [7, 11) is 1.28. The first-order valence-electron chi connectivity index (χ1n) is 4.19. The van der Waals surface area contributed by atoms with Gasteiger partial charge in [0.1, 0.15) is 5.75 Å². The molecule has 0 heterocycles. The molecule has 0 fully saturated rings. The molecule has 5 heteroatoms. The first-order valence-corrected chi connectivity index (χ1v) is 4.19. The lowest BCUT2D eigenvalue weighted by atomic mass is 10.2. The van der Waals surface area contributed by atoms with Crippen LogP contribution in [0.3, 0.4) is 0 Å². The van der Waals surface area contributed by atoms with Crippen LogP contribution >= 0.6 is 0 Å². The number of nitriles is 1. The van der Waals surface area contributed by atoms with Crippen LogP contribution < -0.4 is 10.1 Å². The van der Waals surface area contributed by atoms with Gasteiger partial charge in [0, 0.05) is 5.56 Å². The molecule has 0 saturated carbocycles. The molecule has 78 valence electrons. The minimum Gasteiger partial charge on any atom is -0.453 e. The van der Waals surface area contributed by atoms with Crippen LogP contribution in [0.15, 0.2) is 18.2 Å². The Morgan fingerprint density at radius 2 is 2.27 bits per heavy atom. The monoisotopic (exact) mass is 206 g/mol. The number of nitrogens with zero attached hydrogens (tertiary/aromatic N) is 1. The highest BCUT2D eigenvalue weighted by Crippen LogP contribution is 2.25. The largest absolute Gasteiger partial charge is 0.453 e. The third-order valence-electron chi connectivity index (χ3n) is 1.86. The molecule has 0 aliphatic rings. The first kappa shape index (κ1) is 10.9. The summed E-state index contributed by atoms with van der Waals surface area (Å²) < 4.78 is 9.16. The molecule has 0 saturated heterocycles. The highest BCUT2D eigenvalue weighted by molar-refractivity contribution is 5.86. The standard InChI is InChI=1S/C10H10N2O3/c1-7-8(12-10(13)14-2)4-3-5-9(7)15-6-11/h3-5H,1-2H3,(H,12,13). The van der Waals surface area contributed by atoms with Gasteiger partial charge in [-0.25, -0.2) is 4.79 Å². The van der Waals surface area contributed by atoms with Crippen molar-refractivity contribution in [1.82, 2.24) is 0 Å². The van der Waals surface area contributed by atoms with Gasteiger partial charge in [0.05, 0.1) is 12.8 Å². The van der Waals surface area contributed by atoms with E-state index < -0.39 is 6.09 Å². The van der Waals surface area contributed by atoms with E-state index in [9.17, 15) is 4.79 Å². The van der Waals surface area contributed by atoms with Crippen molar-refractivity contribution < 1.29 is 14.3 Å². The molecule has 1 rings (SSSR count). The molecule has 1 N–H and O–H groups in total. The zero-order valence-corrected chi connectivity index (χ0v) is 8.40. The second kappa shape index (κ2) is 4.86. The van der Waals surface area contributed by atoms with Gasteiger partial charge in [0.2, 0.25) is 0 Å². The van der Waals surface area contributed by atoms with Crippen LogP contribution in [0.2, 0.25) is 0 Å². The molecule has 0 spiro atoms. The number of carbonyl (C=O) groups is 1. The fraction of sp³-hybridized carbons (Fsp3) is 0.200. The highest BCUT2D eigenvalue weighted by atomic mass is 16.5. The number of amides is 1. The number of methoxy groups -OCH3 is 1. The van der Waals surface area contributed by atoms with Gasteiger partial charge in [0.25, 0.3) is 6.26 Å². The average molecular weight is 206 g/mol. The van der Waals surface area contributed by atoms with E-state index in [0.29, 0.717) is 17.0 Å². The molecule has 1 aromatic rings. The summed E-state index contributed by atoms with van der Waals surface area (Å²) in [5, 5.41) is 10.9. The smallest absolute Gasteiger partial charge is 0.411 e. The van der Waals surface area contributed by atoms with Gasteiger partial charge in [0.15, 0.2) is 0 Å². The number of carbonyl (C=O) groups excluding carboxylic acids is 1. The Kier molecular flexibility index (Phi) is 3.52. The predicted molar refractivity (Wildman–Crippen MR) is 53.4 cm³/mol. The minimum atomic E-state index is -0.563. The van der Waals surface area contributed by atoms with E-state index in [-0.39, 0.29) is 0 Å². The van der Waals surface area contributed by atoms with Crippen LogP contribution in [-0.2, 0) is 4.74 Å². The fourth-order valence-corrected chi connectivity index (χ4v) is 1.07. The Balaban J connectivity index is 2.95. The molecule has 5 nitrogen and oxygen atoms in total. The summed E-state index contributed by atoms with van der Waals surface area (Å²) in [6.07, 6.45) is 1.01. The Labute approximate surface area is 87.2 Å². The molecular formula is C10H10N2O3. The van der Waals surface area contributed by atoms with Crippen LogP contribution in [0.1, 0.15) is 5.56 Å². The van der Waals surface area contributed by atoms with E-state index in [0.717, 1.165) is 0 Å². The normalized spacial score (nSPS) is 8.87. The fourth-order valence-electron chi connectivity index (χ4n) is 1.07. The molecule has 0 aliphatic carbocycles. The van der Waals surface area contributed by atoms with E-state index in [1.165, 1.54) is 7.11 Å². The molecule has 1 amide bonds. The minimum absolute atomic E-state index is 0.409. The molecule has 0 bridgehead atoms. The third-order valence-corrected chi connectivity index (χ3v) is 1.86. The second-order valence-electron chi connectivity index (χ2n) is 2.74. The maximum absolute atomic E-state index is 11.0. The first-order chi connectivity index (χ1) is 7.19. The number of hydrogen-bond donors (Lipinski definition) is 1. The van der Waals surface area contributed by atoms with Crippen LogP contribution in [0.5, 0.6) is 5.75 Å². The SMILES string of the molecule is COC(=O)Nc1cccc(OC#N)c1C. The highest BCUT2D eigenvalue weighted by Gasteiger charge is 2.07. The van der Waals surface area contributed by atoms with Gasteiger partial charge in [-0.15, -0.1) is 5.26 Å². The second-order valence-corrected chi connectivity index (χ2v) is 2.74. The number of nitrogens with one attached hydrogen (secondary N) is 1. The summed E-state index contributed by atoms with van der Waals surface area (Å²) in [5.41, 5.74) is 1.22. The molecular weight excluding hydrogens is 196 g/mol. The summed E-state index contributed by atoms with van der Waals surface area (Å²) >= 11 is 0. The maximum Gasteiger partial charge on any atom is 0.411 e. The van der Waals surface area contributed by atoms with E-state index in [4.69, 9.17) is 10.00 Å². The van der Waals surface area contributed by atoms with Crippen molar-refractivity contribution in [2.45, 2.75) is 6.92 Å². The zero-order chi connectivity index (χ0) is 11.3. The van der Waals surface area contributed by atoms with Gasteiger partial charge in [-0.3, -0.25) is 5.32 Å². The number of rotatable bonds is 2. The number of ether oxygens (including phenoxy) is 2. The van der Waals surface area contributed by atoms with Crippen LogP contribution in [0, 0.1) is 18.4 Å². The van der Waals surface area contributed by atoms with Crippen molar-refractivity contribution >= 4 is 11.8 Å². The molecule has 15 heavy (non-hydrogen) atoms. The quantitative estimate of drug-likeness (QED) is 0.751. The summed E-state index contributed by atoms with van der Waals surface area (Å²) in [6.45, 7) is 1.73. The Bertz CT molecular complexity index is 410. The Morgan fingerprint density at radius 3 is 2.87 bits per heavy atom. The van der Waals surface area contributed by atoms with Crippen LogP contribution in [0.4, 0.5) is 10.5 Å². The summed E-state index contributed by atoms with van der Waals surface area (Å²) in [4.78, 5) is 11.0. The summed E-state index contributed by atoms with van der Waals surface area (Å²) in [6, 6.07) is 5.00. The molecule has 0 aliphatic heterocycles. The lowest BCUT2D eigenvalue weighted by molar-refractivity contribution is 0.187. The van der Waals surface area contributed by atoms with Crippen LogP contribution in [0.25, 0.3) is 0 Å². The molecule has 0 aromatic heterocycles. The van der Waals surface area contributed by atoms with Gasteiger partial charge in [-0.05, 0) is 19.1 Å². The van der Waals surface area contributed by atoms with E-state index in [1.54, 1.807) is 31.4 Å². The number of anilines is 1. The molecule has 0 atom stereocenters. The van der Waals surface area contributed by atoms with Crippen LogP contribution in [-0.4, -0.2) is 13.2 Å². The number of hydrogen-bond acceptors (Lipinski definition) is 4. The van der Waals surface area contributed by atoms with E-state index in [1.807, 2.05) is 0 Å². The van der Waals surface area contributed by atoms with Gasteiger partial charge in [-0.2, -0.15) is 0 Å². The summed E-state index contributed by atoms with van der Waals surface area (Å²) in [5.74, 6) is 0.409.